The number of hydrogen-bond donors (Lipinski definition) is 1. The van der Waals surface area contributed by atoms with Gasteiger partial charge in [0.15, 0.2) is 0 Å². The summed E-state index contributed by atoms with van der Waals surface area (Å²) in [6.45, 7) is 3.97. The molecule has 0 saturated carbocycles. The molecule has 2 saturated heterocycles. The van der Waals surface area contributed by atoms with Crippen LogP contribution in [0.1, 0.15) is 75.2 Å². The molecule has 224 valence electrons. The summed E-state index contributed by atoms with van der Waals surface area (Å²) in [6.07, 6.45) is -5.59. The summed E-state index contributed by atoms with van der Waals surface area (Å²) in [6, 6.07) is 5.73. The Morgan fingerprint density at radius 3 is 2.49 bits per heavy atom. The summed E-state index contributed by atoms with van der Waals surface area (Å²) in [5.74, 6) is -3.81. The lowest BCUT2D eigenvalue weighted by molar-refractivity contribution is -0.159. The van der Waals surface area contributed by atoms with Gasteiger partial charge in [0.25, 0.3) is 5.91 Å². The maximum atomic E-state index is 14.2. The summed E-state index contributed by atoms with van der Waals surface area (Å²) >= 11 is 0. The monoisotopic (exact) mass is 582 g/mol. The number of methoxy groups -OCH3 is 1. The first-order valence-corrected chi connectivity index (χ1v) is 13.4. The predicted octanol–water partition coefficient (Wildman–Crippen LogP) is 6.18. The van der Waals surface area contributed by atoms with E-state index in [9.17, 15) is 27.9 Å². The van der Waals surface area contributed by atoms with Crippen LogP contribution in [0.4, 0.5) is 13.2 Å². The van der Waals surface area contributed by atoms with Crippen LogP contribution in [-0.2, 0) is 31.8 Å². The van der Waals surface area contributed by atoms with Gasteiger partial charge in [0.1, 0.15) is 17.9 Å². The second kappa shape index (κ2) is 12.0. The van der Waals surface area contributed by atoms with Crippen LogP contribution >= 0.6 is 0 Å². The first-order valence-electron chi connectivity index (χ1n) is 15.9. The third kappa shape index (κ3) is 6.38. The third-order valence-corrected chi connectivity index (χ3v) is 7.80. The second-order valence-corrected chi connectivity index (χ2v) is 11.6. The zero-order valence-corrected chi connectivity index (χ0v) is 23.3. The average molecular weight is 583 g/mol. The Morgan fingerprint density at radius 2 is 1.90 bits per heavy atom. The molecule has 0 radical (unpaired) electrons. The number of ether oxygens (including phenoxy) is 3. The molecule has 41 heavy (non-hydrogen) atoms. The summed E-state index contributed by atoms with van der Waals surface area (Å²) in [7, 11) is -3.15. The molecular formula is C31H38F3NO6. The lowest BCUT2D eigenvalue weighted by atomic mass is 9.73. The minimum atomic E-state index is -4.92. The van der Waals surface area contributed by atoms with Crippen molar-refractivity contribution in [3.63, 3.8) is 0 Å². The normalized spacial score (nSPS) is 27.7. The Hall–Kier alpha value is -3.11. The van der Waals surface area contributed by atoms with E-state index in [1.807, 2.05) is 0 Å². The molecule has 2 aromatic carbocycles. The standard InChI is InChI=1S/C31H38F3NO6/c1-18-10-6-7-11-21(18)25-27(41-17-19-16-20(31(32,33)34)13-14-22(19)39-5)24(30(2,3)4)26(29(37)38)35(25)28(36)23-12-8-9-15-40-23/h6-7,10-11,13-14,16,23-27H,8-9,12,15,17H2,1-5H3,(H,37,38)/t23-,24+,25-,26-,27-/m0/s1/i5D3,17D2. The van der Waals surface area contributed by atoms with E-state index in [1.165, 1.54) is 4.90 Å². The van der Waals surface area contributed by atoms with Crippen molar-refractivity contribution in [3.05, 3.63) is 64.7 Å². The number of amides is 1. The fourth-order valence-corrected chi connectivity index (χ4v) is 5.89. The molecule has 2 aromatic rings. The van der Waals surface area contributed by atoms with Crippen LogP contribution in [-0.4, -0.2) is 53.8 Å². The minimum Gasteiger partial charge on any atom is -0.496 e. The molecule has 2 heterocycles. The van der Waals surface area contributed by atoms with E-state index in [4.69, 9.17) is 21.1 Å². The maximum Gasteiger partial charge on any atom is 0.416 e. The lowest BCUT2D eigenvalue weighted by Gasteiger charge is -2.35. The summed E-state index contributed by atoms with van der Waals surface area (Å²) in [5, 5.41) is 10.6. The van der Waals surface area contributed by atoms with Gasteiger partial charge in [-0.1, -0.05) is 45.0 Å². The molecule has 0 aliphatic carbocycles. The van der Waals surface area contributed by atoms with Crippen LogP contribution in [0.3, 0.4) is 0 Å². The zero-order chi connectivity index (χ0) is 34.4. The number of rotatable bonds is 7. The molecule has 7 nitrogen and oxygen atoms in total. The number of benzene rings is 2. The SMILES string of the molecule is [2H]C([2H])([2H])Oc1ccc(C(F)(F)F)cc1C([2H])([2H])O[C@H]1[C@H](C(C)(C)C)[C@@H](C(=O)O)N(C(=O)[C@@H]2CCCCO2)[C@H]1c1ccccc1C. The minimum absolute atomic E-state index is 0.296. The molecule has 1 N–H and O–H groups in total. The molecule has 10 heteroatoms. The first-order chi connectivity index (χ1) is 21.1. The molecular weight excluding hydrogens is 539 g/mol. The number of likely N-dealkylation sites (tertiary alicyclic amines) is 1. The van der Waals surface area contributed by atoms with Crippen molar-refractivity contribution in [2.45, 2.75) is 84.0 Å². The predicted molar refractivity (Wildman–Crippen MR) is 145 cm³/mol. The van der Waals surface area contributed by atoms with E-state index in [0.29, 0.717) is 48.8 Å². The van der Waals surface area contributed by atoms with Gasteiger partial charge in [0, 0.05) is 18.1 Å². The van der Waals surface area contributed by atoms with Crippen LogP contribution < -0.4 is 4.74 Å². The Bertz CT molecular complexity index is 1440. The summed E-state index contributed by atoms with van der Waals surface area (Å²) in [4.78, 5) is 28.5. The number of carbonyl (C=O) groups is 2. The molecule has 4 rings (SSSR count). The quantitative estimate of drug-likeness (QED) is 0.420. The van der Waals surface area contributed by atoms with Crippen molar-refractivity contribution in [2.75, 3.05) is 13.6 Å². The highest BCUT2D eigenvalue weighted by atomic mass is 19.4. The van der Waals surface area contributed by atoms with E-state index >= 15 is 0 Å². The van der Waals surface area contributed by atoms with E-state index in [0.717, 1.165) is 6.42 Å². The Labute approximate surface area is 245 Å². The zero-order valence-electron chi connectivity index (χ0n) is 28.3. The van der Waals surface area contributed by atoms with E-state index in [1.54, 1.807) is 52.0 Å². The largest absolute Gasteiger partial charge is 0.496 e. The number of aliphatic carboxylic acids is 1. The van der Waals surface area contributed by atoms with E-state index in [2.05, 4.69) is 0 Å². The number of aryl methyl sites for hydroxylation is 1. The number of carboxylic acids is 1. The number of hydrogen-bond acceptors (Lipinski definition) is 5. The average Bonchev–Trinajstić information content (AvgIpc) is 3.26. The van der Waals surface area contributed by atoms with Gasteiger partial charge in [0.2, 0.25) is 0 Å². The molecule has 2 aliphatic rings. The molecule has 0 bridgehead atoms. The smallest absolute Gasteiger partial charge is 0.416 e. The molecule has 0 spiro atoms. The van der Waals surface area contributed by atoms with Gasteiger partial charge in [0.05, 0.1) is 38.2 Å². The Morgan fingerprint density at radius 1 is 1.17 bits per heavy atom. The van der Waals surface area contributed by atoms with Crippen molar-refractivity contribution < 1.29 is 48.9 Å². The molecule has 1 amide bonds. The number of carboxylic acid groups (broad SMARTS) is 1. The number of alkyl halides is 3. The van der Waals surface area contributed by atoms with Gasteiger partial charge in [-0.05, 0) is 60.9 Å². The fourth-order valence-electron chi connectivity index (χ4n) is 5.89. The Kier molecular flexibility index (Phi) is 7.17. The second-order valence-electron chi connectivity index (χ2n) is 11.6. The van der Waals surface area contributed by atoms with E-state index < -0.39 is 84.2 Å². The number of carbonyl (C=O) groups excluding carboxylic acids is 1. The van der Waals surface area contributed by atoms with Crippen LogP contribution in [0.2, 0.25) is 0 Å². The fraction of sp³-hybridized carbons (Fsp3) is 0.548. The van der Waals surface area contributed by atoms with Gasteiger partial charge >= 0.3 is 12.1 Å². The van der Waals surface area contributed by atoms with Gasteiger partial charge in [-0.3, -0.25) is 4.79 Å². The highest BCUT2D eigenvalue weighted by Crippen LogP contribution is 2.51. The van der Waals surface area contributed by atoms with Gasteiger partial charge in [-0.15, -0.1) is 0 Å². The molecule has 0 unspecified atom stereocenters. The lowest BCUT2D eigenvalue weighted by Crippen LogP contribution is -2.51. The molecule has 5 atom stereocenters. The third-order valence-electron chi connectivity index (χ3n) is 7.80. The van der Waals surface area contributed by atoms with Gasteiger partial charge < -0.3 is 24.2 Å². The first kappa shape index (κ1) is 24.5. The van der Waals surface area contributed by atoms with Crippen molar-refractivity contribution in [3.8, 4) is 5.75 Å². The highest BCUT2D eigenvalue weighted by Gasteiger charge is 2.59. The Balaban J connectivity index is 1.95. The van der Waals surface area contributed by atoms with Crippen molar-refractivity contribution in [1.82, 2.24) is 4.90 Å². The van der Waals surface area contributed by atoms with Crippen LogP contribution in [0.15, 0.2) is 42.5 Å². The van der Waals surface area contributed by atoms with Gasteiger partial charge in [-0.25, -0.2) is 4.79 Å². The van der Waals surface area contributed by atoms with Crippen LogP contribution in [0.5, 0.6) is 5.75 Å². The number of halogens is 3. The van der Waals surface area contributed by atoms with Crippen molar-refractivity contribution in [2.24, 2.45) is 11.3 Å². The molecule has 2 fully saturated rings. The molecule has 0 aromatic heterocycles. The highest BCUT2D eigenvalue weighted by molar-refractivity contribution is 5.88. The number of nitrogens with zero attached hydrogens (tertiary/aromatic N) is 1. The van der Waals surface area contributed by atoms with Crippen molar-refractivity contribution >= 4 is 11.9 Å². The summed E-state index contributed by atoms with van der Waals surface area (Å²) < 4.78 is 98.6. The van der Waals surface area contributed by atoms with Crippen molar-refractivity contribution in [1.29, 1.82) is 0 Å². The topological polar surface area (TPSA) is 85.3 Å². The summed E-state index contributed by atoms with van der Waals surface area (Å²) in [5.41, 5.74) is -2.01. The maximum absolute atomic E-state index is 14.2. The van der Waals surface area contributed by atoms with Gasteiger partial charge in [-0.2, -0.15) is 13.2 Å². The van der Waals surface area contributed by atoms with Crippen LogP contribution in [0, 0.1) is 18.3 Å². The molecule has 2 aliphatic heterocycles. The van der Waals surface area contributed by atoms with E-state index in [-0.39, 0.29) is 0 Å². The van der Waals surface area contributed by atoms with Crippen LogP contribution in [0.25, 0.3) is 0 Å².